The molecule has 0 aliphatic carbocycles. The molecule has 3 nitrogen and oxygen atoms in total. The van der Waals surface area contributed by atoms with Crippen LogP contribution in [0.5, 0.6) is 0 Å². The van der Waals surface area contributed by atoms with Gasteiger partial charge in [-0.2, -0.15) is 0 Å². The second-order valence-electron chi connectivity index (χ2n) is 1.42. The zero-order chi connectivity index (χ0) is 8.10. The van der Waals surface area contributed by atoms with Gasteiger partial charge in [-0.25, -0.2) is 4.79 Å². The van der Waals surface area contributed by atoms with E-state index in [9.17, 15) is 4.79 Å². The fraction of sp³-hybridized carbons (Fsp3) is 0.200. The summed E-state index contributed by atoms with van der Waals surface area (Å²) >= 11 is 0.239. The number of ether oxygens (including phenoxy) is 1. The van der Waals surface area contributed by atoms with Crippen LogP contribution in [0.3, 0.4) is 0 Å². The molecule has 1 rings (SSSR count). The number of hydrogen-bond donors (Lipinski definition) is 1. The molecule has 0 aromatic carbocycles. The Morgan fingerprint density at radius 3 is 3.00 bits per heavy atom. The molecular weight excluding hydrogens is 489 g/mol. The van der Waals surface area contributed by atoms with Gasteiger partial charge >= 0.3 is 5.97 Å². The van der Waals surface area contributed by atoms with Gasteiger partial charge < -0.3 is 9.84 Å². The molecule has 0 radical (unpaired) electrons. The Bertz CT molecular complexity index is 243. The molecule has 0 spiro atoms. The van der Waals surface area contributed by atoms with Gasteiger partial charge in [0, 0.05) is 4.04 Å². The van der Waals surface area contributed by atoms with Crippen LogP contribution in [-0.4, -0.2) is 23.4 Å². The van der Waals surface area contributed by atoms with Gasteiger partial charge in [0.25, 0.3) is 0 Å². The summed E-state index contributed by atoms with van der Waals surface area (Å²) in [5.41, 5.74) is 0. The second kappa shape index (κ2) is 5.80. The zero-order valence-electron chi connectivity index (χ0n) is 5.26. The molecule has 0 bridgehead atoms. The van der Waals surface area contributed by atoms with Crippen molar-refractivity contribution in [1.82, 2.24) is 0 Å². The Morgan fingerprint density at radius 1 is 1.64 bits per heavy atom. The predicted octanol–water partition coefficient (Wildman–Crippen LogP) is 1.62. The summed E-state index contributed by atoms with van der Waals surface area (Å²) in [4.78, 5) is 10.1. The smallest absolute Gasteiger partial charge is 0.330 e. The third kappa shape index (κ3) is 4.72. The first-order valence-corrected chi connectivity index (χ1v) is 9.66. The molecule has 1 heterocycles. The van der Waals surface area contributed by atoms with Crippen LogP contribution in [0.2, 0.25) is 0 Å². The molecule has 0 saturated carbocycles. The second-order valence-corrected chi connectivity index (χ2v) is 14.7. The van der Waals surface area contributed by atoms with E-state index in [2.05, 4.69) is 4.04 Å². The highest BCUT2D eigenvalue weighted by atomic mass is 127. The molecule has 6 heteroatoms. The highest BCUT2D eigenvalue weighted by Gasteiger charge is 2.00. The van der Waals surface area contributed by atoms with E-state index in [1.54, 1.807) is 0 Å². The van der Waals surface area contributed by atoms with Crippen molar-refractivity contribution >= 4 is 73.9 Å². The summed E-state index contributed by atoms with van der Waals surface area (Å²) in [6.45, 7) is -0.144. The minimum Gasteiger partial charge on any atom is -0.480 e. The first-order chi connectivity index (χ1) is 5.29. The van der Waals surface area contributed by atoms with Crippen LogP contribution >= 0.6 is 62.2 Å². The monoisotopic (exact) mass is 494 g/mol. The van der Waals surface area contributed by atoms with Gasteiger partial charge in [0.15, 0.2) is 6.61 Å². The summed E-state index contributed by atoms with van der Waals surface area (Å²) in [5, 5.41) is 8.32. The molecule has 11 heavy (non-hydrogen) atoms. The number of rotatable bonds is 3. The summed E-state index contributed by atoms with van der Waals surface area (Å²) in [6.07, 6.45) is 0. The van der Waals surface area contributed by atoms with Crippen LogP contribution in [0, 0.1) is 0 Å². The van der Waals surface area contributed by atoms with Crippen molar-refractivity contribution in [2.24, 2.45) is 0 Å². The van der Waals surface area contributed by atoms with E-state index in [0.717, 1.165) is 1.70 Å². The lowest BCUT2D eigenvalue weighted by Crippen LogP contribution is -2.08. The van der Waals surface area contributed by atoms with Gasteiger partial charge in [-0.15, -0.1) is 0 Å². The summed E-state index contributed by atoms with van der Waals surface area (Å²) in [5.74, 6) is -0.870. The Kier molecular flexibility index (Phi) is 5.44. The zero-order valence-corrected chi connectivity index (χ0v) is 11.7. The van der Waals surface area contributed by atoms with E-state index >= 15 is 0 Å². The topological polar surface area (TPSA) is 46.5 Å². The van der Waals surface area contributed by atoms with Crippen molar-refractivity contribution in [3.05, 3.63) is 0 Å². The minimum atomic E-state index is -0.870. The fourth-order valence-electron chi connectivity index (χ4n) is 0.334. The van der Waals surface area contributed by atoms with E-state index in [1.165, 1.54) is 0 Å². The highest BCUT2D eigenvalue weighted by molar-refractivity contribution is 14.3. The largest absolute Gasteiger partial charge is 0.480 e. The van der Waals surface area contributed by atoms with Gasteiger partial charge in [-0.05, 0) is 41.5 Å². The fourth-order valence-corrected chi connectivity index (χ4v) is 20.4. The van der Waals surface area contributed by atoms with Crippen LogP contribution in [0.1, 0.15) is 0 Å². The first-order valence-electron chi connectivity index (χ1n) is 2.52. The Hall–Kier alpha value is 1.23. The molecule has 1 aliphatic heterocycles. The molecule has 0 unspecified atom stereocenters. The maximum atomic E-state index is 10.1. The summed E-state index contributed by atoms with van der Waals surface area (Å²) < 4.78 is 10.9. The maximum absolute atomic E-state index is 10.1. The number of halogens is 3. The number of aliphatic carboxylic acids is 1. The highest BCUT2D eigenvalue weighted by Crippen LogP contribution is 2.20. The van der Waals surface area contributed by atoms with E-state index in [0.29, 0.717) is 0 Å². The quantitative estimate of drug-likeness (QED) is 0.608. The Labute approximate surface area is 93.7 Å². The van der Waals surface area contributed by atoms with Crippen molar-refractivity contribution in [1.29, 1.82) is 0 Å². The summed E-state index contributed by atoms with van der Waals surface area (Å²) in [7, 11) is 0. The minimum absolute atomic E-state index is 0.0105. The third-order valence-corrected chi connectivity index (χ3v) is 13.2. The van der Waals surface area contributed by atoms with Crippen molar-refractivity contribution < 1.29 is 14.6 Å². The van der Waals surface area contributed by atoms with Crippen LogP contribution in [0.25, 0.3) is 0 Å². The van der Waals surface area contributed by atoms with E-state index in [-0.39, 0.29) is 68.8 Å². The number of hydrogen-bond acceptors (Lipinski definition) is 2. The SMILES string of the molecule is O=C(O)COC1=IC=IC=I1. The lowest BCUT2D eigenvalue weighted by atomic mass is 10.8. The van der Waals surface area contributed by atoms with Gasteiger partial charge in [-0.1, -0.05) is 20.7 Å². The lowest BCUT2D eigenvalue weighted by Gasteiger charge is -1.99. The lowest BCUT2D eigenvalue weighted by molar-refractivity contribution is -0.139. The molecule has 1 aliphatic rings. The first kappa shape index (κ1) is 10.3. The molecular formula is C5H5I3O3. The molecule has 1 N–H and O–H groups in total. The Morgan fingerprint density at radius 2 is 2.45 bits per heavy atom. The van der Waals surface area contributed by atoms with Crippen molar-refractivity contribution in [3.63, 3.8) is 0 Å². The van der Waals surface area contributed by atoms with Gasteiger partial charge in [0.1, 0.15) is 1.70 Å². The third-order valence-electron chi connectivity index (χ3n) is 0.654. The Balaban J connectivity index is 2.38. The standard InChI is InChI=1S/C5H5I3O3/c9-4(10)1-11-5-7-2-6-3-8-5/h2-3H,1H2,(H,9,10). The van der Waals surface area contributed by atoms with Gasteiger partial charge in [0.2, 0.25) is 0 Å². The van der Waals surface area contributed by atoms with Crippen LogP contribution in [0.15, 0.2) is 0 Å². The average molecular weight is 494 g/mol. The summed E-state index contributed by atoms with van der Waals surface area (Å²) in [6, 6.07) is 0. The molecule has 0 amide bonds. The average Bonchev–Trinajstić information content (AvgIpc) is 2.03. The molecule has 0 atom stereocenters. The van der Waals surface area contributed by atoms with Gasteiger partial charge in [-0.3, -0.25) is 0 Å². The van der Waals surface area contributed by atoms with E-state index in [4.69, 9.17) is 9.84 Å². The van der Waals surface area contributed by atoms with Crippen molar-refractivity contribution in [2.45, 2.75) is 0 Å². The van der Waals surface area contributed by atoms with Crippen molar-refractivity contribution in [2.75, 3.05) is 6.61 Å². The molecule has 0 aromatic rings. The van der Waals surface area contributed by atoms with Gasteiger partial charge in [0.05, 0.1) is 0 Å². The van der Waals surface area contributed by atoms with E-state index in [1.807, 2.05) is 0 Å². The molecule has 0 fully saturated rings. The normalized spacial score (nSPS) is 16.9. The van der Waals surface area contributed by atoms with Crippen LogP contribution in [-0.2, 0) is 9.53 Å². The maximum Gasteiger partial charge on any atom is 0.330 e. The molecule has 0 saturated heterocycles. The molecule has 64 valence electrons. The number of carboxylic acid groups (broad SMARTS) is 1. The van der Waals surface area contributed by atoms with Crippen LogP contribution in [0.4, 0.5) is 0 Å². The van der Waals surface area contributed by atoms with Crippen LogP contribution < -0.4 is 0 Å². The van der Waals surface area contributed by atoms with Crippen molar-refractivity contribution in [3.8, 4) is 0 Å². The predicted molar refractivity (Wildman–Crippen MR) is 72.8 cm³/mol. The number of carbonyl (C=O) groups is 1. The number of carboxylic acids is 1. The van der Waals surface area contributed by atoms with E-state index < -0.39 is 5.97 Å². The molecule has 0 aromatic heterocycles.